The lowest BCUT2D eigenvalue weighted by Crippen LogP contribution is -2.25. The number of rotatable bonds is 8. The molecule has 6 heteroatoms. The Hall–Kier alpha value is -2.63. The average Bonchev–Trinajstić information content (AvgIpc) is 3.02. The summed E-state index contributed by atoms with van der Waals surface area (Å²) in [6, 6.07) is 9.77. The van der Waals surface area contributed by atoms with Crippen LogP contribution in [0, 0.1) is 0 Å². The molecule has 2 aromatic rings. The van der Waals surface area contributed by atoms with E-state index in [0.29, 0.717) is 18.8 Å². The largest absolute Gasteiger partial charge is 0.463 e. The van der Waals surface area contributed by atoms with Crippen molar-refractivity contribution < 1.29 is 19.1 Å². The van der Waals surface area contributed by atoms with Gasteiger partial charge >= 0.3 is 11.9 Å². The van der Waals surface area contributed by atoms with Gasteiger partial charge in [0.1, 0.15) is 0 Å². The van der Waals surface area contributed by atoms with Crippen LogP contribution in [-0.2, 0) is 25.6 Å². The Morgan fingerprint density at radius 3 is 2.62 bits per heavy atom. The average molecular weight is 330 g/mol. The number of hydrogen-bond donors (Lipinski definition) is 0. The number of hydrogen-bond acceptors (Lipinski definition) is 5. The Morgan fingerprint density at radius 1 is 1.21 bits per heavy atom. The van der Waals surface area contributed by atoms with Gasteiger partial charge in [-0.1, -0.05) is 37.3 Å². The van der Waals surface area contributed by atoms with Gasteiger partial charge in [-0.15, -0.1) is 0 Å². The van der Waals surface area contributed by atoms with Crippen molar-refractivity contribution in [2.45, 2.75) is 39.3 Å². The van der Waals surface area contributed by atoms with Crippen LogP contribution in [0.3, 0.4) is 0 Å². The molecule has 6 nitrogen and oxygen atoms in total. The van der Waals surface area contributed by atoms with E-state index in [0.717, 1.165) is 5.56 Å². The van der Waals surface area contributed by atoms with Crippen molar-refractivity contribution in [1.82, 2.24) is 9.55 Å². The van der Waals surface area contributed by atoms with Crippen molar-refractivity contribution in [1.29, 1.82) is 0 Å². The van der Waals surface area contributed by atoms with Crippen LogP contribution in [0.15, 0.2) is 42.7 Å². The van der Waals surface area contributed by atoms with Crippen molar-refractivity contribution in [2.75, 3.05) is 6.61 Å². The lowest BCUT2D eigenvalue weighted by atomic mass is 10.2. The van der Waals surface area contributed by atoms with Gasteiger partial charge in [0.05, 0.1) is 6.61 Å². The molecule has 0 radical (unpaired) electrons. The van der Waals surface area contributed by atoms with Crippen LogP contribution in [0.4, 0.5) is 0 Å². The Bertz CT molecular complexity index is 667. The highest BCUT2D eigenvalue weighted by atomic mass is 16.6. The number of ether oxygens (including phenoxy) is 2. The molecular formula is C18H22N2O4. The number of esters is 2. The van der Waals surface area contributed by atoms with Gasteiger partial charge in [0.2, 0.25) is 0 Å². The van der Waals surface area contributed by atoms with Gasteiger partial charge in [0.15, 0.2) is 5.82 Å². The SMILES string of the molecule is CCCC(=O)O[C@@H](C(=O)OCC)c1nccn1Cc1ccccc1. The van der Waals surface area contributed by atoms with Crippen LogP contribution < -0.4 is 0 Å². The van der Waals surface area contributed by atoms with Crippen LogP contribution in [0.5, 0.6) is 0 Å². The normalized spacial score (nSPS) is 11.8. The van der Waals surface area contributed by atoms with Crippen LogP contribution in [0.2, 0.25) is 0 Å². The fraction of sp³-hybridized carbons (Fsp3) is 0.389. The molecule has 128 valence electrons. The van der Waals surface area contributed by atoms with Crippen LogP contribution in [0.1, 0.15) is 44.2 Å². The maximum absolute atomic E-state index is 12.2. The third-order valence-corrected chi connectivity index (χ3v) is 3.38. The second kappa shape index (κ2) is 8.86. The van der Waals surface area contributed by atoms with E-state index in [9.17, 15) is 9.59 Å². The van der Waals surface area contributed by atoms with E-state index in [4.69, 9.17) is 9.47 Å². The first-order chi connectivity index (χ1) is 11.7. The summed E-state index contributed by atoms with van der Waals surface area (Å²) in [6.07, 6.45) is 3.07. The van der Waals surface area contributed by atoms with Gasteiger partial charge < -0.3 is 14.0 Å². The van der Waals surface area contributed by atoms with E-state index in [-0.39, 0.29) is 13.0 Å². The molecule has 1 aromatic heterocycles. The van der Waals surface area contributed by atoms with Crippen molar-refractivity contribution in [3.63, 3.8) is 0 Å². The minimum atomic E-state index is -1.15. The summed E-state index contributed by atoms with van der Waals surface area (Å²) in [7, 11) is 0. The zero-order valence-electron chi connectivity index (χ0n) is 14.0. The number of nitrogens with zero attached hydrogens (tertiary/aromatic N) is 2. The zero-order chi connectivity index (χ0) is 17.4. The predicted molar refractivity (Wildman–Crippen MR) is 88.1 cm³/mol. The topological polar surface area (TPSA) is 70.4 Å². The van der Waals surface area contributed by atoms with Gasteiger partial charge in [0, 0.05) is 25.4 Å². The van der Waals surface area contributed by atoms with Crippen LogP contribution in [0.25, 0.3) is 0 Å². The molecule has 1 aromatic carbocycles. The molecule has 0 spiro atoms. The fourth-order valence-electron chi connectivity index (χ4n) is 2.29. The summed E-state index contributed by atoms with van der Waals surface area (Å²) < 4.78 is 12.2. The lowest BCUT2D eigenvalue weighted by molar-refractivity contribution is -0.169. The van der Waals surface area contributed by atoms with Crippen LogP contribution >= 0.6 is 0 Å². The first-order valence-electron chi connectivity index (χ1n) is 8.06. The number of benzene rings is 1. The number of carbonyl (C=O) groups excluding carboxylic acids is 2. The summed E-state index contributed by atoms with van der Waals surface area (Å²) in [5.74, 6) is -0.686. The monoisotopic (exact) mass is 330 g/mol. The molecule has 1 heterocycles. The molecule has 24 heavy (non-hydrogen) atoms. The molecular weight excluding hydrogens is 308 g/mol. The number of aromatic nitrogens is 2. The highest BCUT2D eigenvalue weighted by Gasteiger charge is 2.30. The maximum Gasteiger partial charge on any atom is 0.355 e. The molecule has 2 rings (SSSR count). The van der Waals surface area contributed by atoms with Gasteiger partial charge in [-0.2, -0.15) is 0 Å². The Balaban J connectivity index is 2.24. The van der Waals surface area contributed by atoms with E-state index in [1.165, 1.54) is 0 Å². The van der Waals surface area contributed by atoms with Gasteiger partial charge in [-0.3, -0.25) is 4.79 Å². The molecule has 0 aliphatic rings. The highest BCUT2D eigenvalue weighted by Crippen LogP contribution is 2.20. The fourth-order valence-corrected chi connectivity index (χ4v) is 2.29. The minimum absolute atomic E-state index is 0.208. The summed E-state index contributed by atoms with van der Waals surface area (Å²) in [5, 5.41) is 0. The molecule has 0 N–H and O–H groups in total. The minimum Gasteiger partial charge on any atom is -0.463 e. The standard InChI is InChI=1S/C18H22N2O4/c1-3-8-15(21)24-16(18(22)23-4-2)17-19-11-12-20(17)13-14-9-6-5-7-10-14/h5-7,9-12,16H,3-4,8,13H2,1-2H3/t16-/m1/s1. The van der Waals surface area contributed by atoms with E-state index < -0.39 is 18.0 Å². The highest BCUT2D eigenvalue weighted by molar-refractivity contribution is 5.80. The summed E-state index contributed by atoms with van der Waals surface area (Å²) in [5.41, 5.74) is 1.05. The first kappa shape index (κ1) is 17.7. The Morgan fingerprint density at radius 2 is 1.96 bits per heavy atom. The van der Waals surface area contributed by atoms with Crippen molar-refractivity contribution >= 4 is 11.9 Å². The third-order valence-electron chi connectivity index (χ3n) is 3.38. The molecule has 0 aliphatic carbocycles. The van der Waals surface area contributed by atoms with E-state index in [2.05, 4.69) is 4.98 Å². The predicted octanol–water partition coefficient (Wildman–Crippen LogP) is 2.88. The molecule has 0 unspecified atom stereocenters. The summed E-state index contributed by atoms with van der Waals surface area (Å²) in [4.78, 5) is 28.3. The van der Waals surface area contributed by atoms with E-state index in [1.807, 2.05) is 37.3 Å². The number of imidazole rings is 1. The Kier molecular flexibility index (Phi) is 6.54. The quantitative estimate of drug-likeness (QED) is 0.696. The first-order valence-corrected chi connectivity index (χ1v) is 8.06. The van der Waals surface area contributed by atoms with Gasteiger partial charge in [-0.05, 0) is 18.9 Å². The molecule has 0 fully saturated rings. The Labute approximate surface area is 141 Å². The number of carbonyl (C=O) groups is 2. The molecule has 1 atom stereocenters. The maximum atomic E-state index is 12.2. The molecule has 0 saturated heterocycles. The van der Waals surface area contributed by atoms with Crippen molar-refractivity contribution in [3.05, 3.63) is 54.1 Å². The molecule has 0 saturated carbocycles. The van der Waals surface area contributed by atoms with E-state index >= 15 is 0 Å². The second-order valence-corrected chi connectivity index (χ2v) is 5.27. The lowest BCUT2D eigenvalue weighted by Gasteiger charge is -2.17. The third kappa shape index (κ3) is 4.68. The molecule has 0 amide bonds. The van der Waals surface area contributed by atoms with E-state index in [1.54, 1.807) is 23.9 Å². The van der Waals surface area contributed by atoms with Gasteiger partial charge in [-0.25, -0.2) is 9.78 Å². The molecule has 0 bridgehead atoms. The van der Waals surface area contributed by atoms with Gasteiger partial charge in [0.25, 0.3) is 6.10 Å². The summed E-state index contributed by atoms with van der Waals surface area (Å²) >= 11 is 0. The smallest absolute Gasteiger partial charge is 0.355 e. The van der Waals surface area contributed by atoms with Crippen molar-refractivity contribution in [3.8, 4) is 0 Å². The zero-order valence-corrected chi connectivity index (χ0v) is 14.0. The summed E-state index contributed by atoms with van der Waals surface area (Å²) in [6.45, 7) is 4.31. The van der Waals surface area contributed by atoms with Crippen LogP contribution in [-0.4, -0.2) is 28.1 Å². The molecule has 0 aliphatic heterocycles. The second-order valence-electron chi connectivity index (χ2n) is 5.27. The van der Waals surface area contributed by atoms with Crippen molar-refractivity contribution in [2.24, 2.45) is 0 Å².